The van der Waals surface area contributed by atoms with E-state index in [0.29, 0.717) is 42.8 Å². The van der Waals surface area contributed by atoms with E-state index in [2.05, 4.69) is 18.8 Å². The summed E-state index contributed by atoms with van der Waals surface area (Å²) in [6, 6.07) is 1.69. The molecule has 1 aromatic heterocycles. The van der Waals surface area contributed by atoms with Gasteiger partial charge in [-0.3, -0.25) is 14.4 Å². The maximum absolute atomic E-state index is 14.0. The molecular weight excluding hydrogens is 544 g/mol. The minimum atomic E-state index is -0.753. The second kappa shape index (κ2) is 13.8. The summed E-state index contributed by atoms with van der Waals surface area (Å²) in [6.45, 7) is 14.2. The molecule has 3 rings (SSSR count). The van der Waals surface area contributed by atoms with Crippen molar-refractivity contribution in [1.29, 1.82) is 0 Å². The molecule has 2 fully saturated rings. The van der Waals surface area contributed by atoms with Crippen molar-refractivity contribution in [3.05, 3.63) is 15.8 Å². The summed E-state index contributed by atoms with van der Waals surface area (Å²) in [7, 11) is 0. The molecule has 9 nitrogen and oxygen atoms in total. The minimum absolute atomic E-state index is 0.141. The molecule has 2 heterocycles. The number of hydrogen-bond acceptors (Lipinski definition) is 8. The minimum Gasteiger partial charge on any atom is -0.427 e. The molecular formula is C31H44N2O7S. The molecule has 0 aromatic carbocycles. The highest BCUT2D eigenvalue weighted by molar-refractivity contribution is 7.15. The fourth-order valence-corrected chi connectivity index (χ4v) is 5.42. The number of hydrogen-bond donors (Lipinski definition) is 0. The Morgan fingerprint density at radius 1 is 1.02 bits per heavy atom. The molecule has 0 N–H and O–H groups in total. The van der Waals surface area contributed by atoms with Gasteiger partial charge >= 0.3 is 11.9 Å². The van der Waals surface area contributed by atoms with Crippen LogP contribution < -0.4 is 4.90 Å². The Hall–Kier alpha value is -2.90. The molecule has 1 aromatic rings. The monoisotopic (exact) mass is 588 g/mol. The predicted octanol–water partition coefficient (Wildman–Crippen LogP) is 4.87. The number of thiophene rings is 1. The highest BCUT2D eigenvalue weighted by atomic mass is 32.1. The van der Waals surface area contributed by atoms with Gasteiger partial charge in [0.15, 0.2) is 0 Å². The average molecular weight is 589 g/mol. The number of anilines is 1. The third-order valence-electron chi connectivity index (χ3n) is 7.03. The van der Waals surface area contributed by atoms with Crippen molar-refractivity contribution in [1.82, 2.24) is 4.90 Å². The second-order valence-corrected chi connectivity index (χ2v) is 14.0. The van der Waals surface area contributed by atoms with Crippen LogP contribution in [0.3, 0.4) is 0 Å². The lowest BCUT2D eigenvalue weighted by Crippen LogP contribution is -2.49. The number of amides is 2. The first-order chi connectivity index (χ1) is 19.2. The maximum Gasteiger partial charge on any atom is 0.353 e. The van der Waals surface area contributed by atoms with E-state index in [1.54, 1.807) is 31.7 Å². The Kier molecular flexibility index (Phi) is 11.0. The number of morpholine rings is 1. The Morgan fingerprint density at radius 2 is 1.66 bits per heavy atom. The molecule has 1 aliphatic carbocycles. The van der Waals surface area contributed by atoms with Crippen LogP contribution in [-0.4, -0.2) is 68.3 Å². The lowest BCUT2D eigenvalue weighted by molar-refractivity contribution is -0.161. The molecule has 1 saturated carbocycles. The highest BCUT2D eigenvalue weighted by Crippen LogP contribution is 2.36. The van der Waals surface area contributed by atoms with Gasteiger partial charge in [0.2, 0.25) is 18.6 Å². The Balaban J connectivity index is 1.96. The van der Waals surface area contributed by atoms with Crippen LogP contribution in [0.4, 0.5) is 5.69 Å². The maximum atomic E-state index is 14.0. The molecule has 0 bridgehead atoms. The van der Waals surface area contributed by atoms with E-state index < -0.39 is 24.1 Å². The first-order valence-corrected chi connectivity index (χ1v) is 15.2. The molecule has 0 radical (unpaired) electrons. The fourth-order valence-electron chi connectivity index (χ4n) is 4.51. The van der Waals surface area contributed by atoms with Gasteiger partial charge in [0.05, 0.1) is 29.2 Å². The highest BCUT2D eigenvalue weighted by Gasteiger charge is 2.35. The summed E-state index contributed by atoms with van der Waals surface area (Å²) < 4.78 is 15.9. The van der Waals surface area contributed by atoms with Gasteiger partial charge in [-0.25, -0.2) is 4.79 Å². The van der Waals surface area contributed by atoms with Crippen LogP contribution >= 0.6 is 11.3 Å². The van der Waals surface area contributed by atoms with Gasteiger partial charge in [-0.15, -0.1) is 11.3 Å². The van der Waals surface area contributed by atoms with Crippen LogP contribution in [0.2, 0.25) is 0 Å². The topological polar surface area (TPSA) is 102 Å². The summed E-state index contributed by atoms with van der Waals surface area (Å²) in [5, 5.41) is 0. The van der Waals surface area contributed by atoms with E-state index in [4.69, 9.17) is 14.2 Å². The van der Waals surface area contributed by atoms with Crippen molar-refractivity contribution in [3.8, 4) is 11.8 Å². The fraction of sp³-hybridized carbons (Fsp3) is 0.677. The van der Waals surface area contributed by atoms with Crippen LogP contribution in [0.1, 0.15) is 88.7 Å². The molecule has 226 valence electrons. The van der Waals surface area contributed by atoms with E-state index in [1.807, 2.05) is 20.8 Å². The standard InChI is InChI=1S/C31H44N2O7S/c1-21-8-10-22(11-9-21)27(35)33(19-25(34)32-14-16-38-17-15-32)24-18-23(12-13-30(2,3)4)41-26(24)28(36)39-20-40-29(37)31(5,6)7/h18,21-22H,8-11,14-17,19-20H2,1-7H3/t21-,22-. The summed E-state index contributed by atoms with van der Waals surface area (Å²) in [5.41, 5.74) is -0.741. The van der Waals surface area contributed by atoms with Crippen molar-refractivity contribution < 1.29 is 33.4 Å². The molecule has 1 aliphatic heterocycles. The zero-order valence-electron chi connectivity index (χ0n) is 25.5. The number of carbonyl (C=O) groups is 4. The SMILES string of the molecule is CC(C)(C)C#Cc1cc(N(CC(=O)N2CCOCC2)C(=O)[C@H]2CC[C@H](C)CC2)c(C(=O)OCOC(=O)C(C)(C)C)s1. The van der Waals surface area contributed by atoms with Crippen LogP contribution in [0.25, 0.3) is 0 Å². The number of nitrogens with zero attached hydrogens (tertiary/aromatic N) is 2. The Bertz CT molecular complexity index is 1170. The van der Waals surface area contributed by atoms with E-state index >= 15 is 0 Å². The molecule has 0 atom stereocenters. The van der Waals surface area contributed by atoms with Gasteiger partial charge < -0.3 is 24.0 Å². The van der Waals surface area contributed by atoms with Gasteiger partial charge in [0.25, 0.3) is 0 Å². The summed E-state index contributed by atoms with van der Waals surface area (Å²) in [4.78, 5) is 56.7. The van der Waals surface area contributed by atoms with Gasteiger partial charge in [-0.1, -0.05) is 18.8 Å². The summed E-state index contributed by atoms with van der Waals surface area (Å²) in [6.07, 6.45) is 3.32. The number of rotatable bonds is 7. The van der Waals surface area contributed by atoms with Gasteiger partial charge in [-0.05, 0) is 79.2 Å². The zero-order chi connectivity index (χ0) is 30.4. The summed E-state index contributed by atoms with van der Waals surface area (Å²) >= 11 is 1.10. The van der Waals surface area contributed by atoms with E-state index in [0.717, 1.165) is 37.0 Å². The zero-order valence-corrected chi connectivity index (χ0v) is 26.3. The lowest BCUT2D eigenvalue weighted by atomic mass is 9.82. The Morgan fingerprint density at radius 3 is 2.24 bits per heavy atom. The summed E-state index contributed by atoms with van der Waals surface area (Å²) in [5.74, 6) is 4.94. The third kappa shape index (κ3) is 9.57. The normalized spacial score (nSPS) is 19.5. The van der Waals surface area contributed by atoms with Gasteiger partial charge in [0.1, 0.15) is 11.4 Å². The van der Waals surface area contributed by atoms with E-state index in [-0.39, 0.29) is 34.6 Å². The third-order valence-corrected chi connectivity index (χ3v) is 8.05. The smallest absolute Gasteiger partial charge is 0.353 e. The number of esters is 2. The van der Waals surface area contributed by atoms with Gasteiger partial charge in [-0.2, -0.15) is 0 Å². The molecule has 41 heavy (non-hydrogen) atoms. The molecule has 0 unspecified atom stereocenters. The van der Waals surface area contributed by atoms with Crippen molar-refractivity contribution in [2.24, 2.45) is 22.7 Å². The van der Waals surface area contributed by atoms with E-state index in [1.165, 1.54) is 4.90 Å². The van der Waals surface area contributed by atoms with Crippen LogP contribution in [0.15, 0.2) is 6.07 Å². The first-order valence-electron chi connectivity index (χ1n) is 14.3. The molecule has 10 heteroatoms. The average Bonchev–Trinajstić information content (AvgIpc) is 3.34. The largest absolute Gasteiger partial charge is 0.427 e. The first kappa shape index (κ1) is 32.6. The number of ether oxygens (including phenoxy) is 3. The molecule has 2 aliphatic rings. The van der Waals surface area contributed by atoms with Crippen molar-refractivity contribution >= 4 is 40.8 Å². The lowest BCUT2D eigenvalue weighted by Gasteiger charge is -2.33. The van der Waals surface area contributed by atoms with Crippen LogP contribution in [-0.2, 0) is 28.6 Å². The predicted molar refractivity (Wildman–Crippen MR) is 157 cm³/mol. The quantitative estimate of drug-likeness (QED) is 0.254. The van der Waals surface area contributed by atoms with Gasteiger partial charge in [0, 0.05) is 24.4 Å². The second-order valence-electron chi connectivity index (χ2n) is 12.9. The van der Waals surface area contributed by atoms with E-state index in [9.17, 15) is 19.2 Å². The molecule has 2 amide bonds. The molecule has 0 spiro atoms. The molecule has 1 saturated heterocycles. The van der Waals surface area contributed by atoms with Crippen molar-refractivity contribution in [2.75, 3.05) is 44.5 Å². The number of carbonyl (C=O) groups excluding carboxylic acids is 4. The Labute approximate surface area is 247 Å². The van der Waals surface area contributed by atoms with Crippen LogP contribution in [0, 0.1) is 34.5 Å². The van der Waals surface area contributed by atoms with Crippen molar-refractivity contribution in [2.45, 2.75) is 74.1 Å². The van der Waals surface area contributed by atoms with Crippen molar-refractivity contribution in [3.63, 3.8) is 0 Å². The van der Waals surface area contributed by atoms with Crippen LogP contribution in [0.5, 0.6) is 0 Å².